The molecule has 0 bridgehead atoms. The molecule has 1 aromatic heterocycles. The van der Waals surface area contributed by atoms with Crippen molar-refractivity contribution in [3.8, 4) is 0 Å². The Morgan fingerprint density at radius 2 is 2.14 bits per heavy atom. The number of rotatable bonds is 6. The van der Waals surface area contributed by atoms with E-state index in [1.54, 1.807) is 11.3 Å². The first-order valence-electron chi connectivity index (χ1n) is 5.15. The predicted molar refractivity (Wildman–Crippen MR) is 65.2 cm³/mol. The Balaban J connectivity index is 2.23. The number of halogens is 1. The lowest BCUT2D eigenvalue weighted by atomic mass is 10.2. The van der Waals surface area contributed by atoms with Crippen LogP contribution in [0.2, 0.25) is 4.34 Å². The standard InChI is InChI=1S/C11H18ClNS/c1-3-4-5-8-13(2)9-10-6-7-11(12)14-10/h6-7H,3-5,8-9H2,1-2H3. The molecule has 1 rings (SSSR count). The van der Waals surface area contributed by atoms with Crippen molar-refractivity contribution in [2.24, 2.45) is 0 Å². The average Bonchev–Trinajstić information content (AvgIpc) is 2.52. The van der Waals surface area contributed by atoms with Crippen LogP contribution in [0.4, 0.5) is 0 Å². The minimum Gasteiger partial charge on any atom is -0.301 e. The SMILES string of the molecule is CCCCCN(C)Cc1ccc(Cl)s1. The van der Waals surface area contributed by atoms with Crippen molar-refractivity contribution in [1.29, 1.82) is 0 Å². The molecule has 0 aromatic carbocycles. The lowest BCUT2D eigenvalue weighted by Gasteiger charge is -2.14. The highest BCUT2D eigenvalue weighted by molar-refractivity contribution is 7.16. The predicted octanol–water partition coefficient (Wildman–Crippen LogP) is 4.02. The van der Waals surface area contributed by atoms with Crippen LogP contribution in [0.15, 0.2) is 12.1 Å². The van der Waals surface area contributed by atoms with Crippen LogP contribution < -0.4 is 0 Å². The molecule has 1 heterocycles. The minimum atomic E-state index is 0.891. The second kappa shape index (κ2) is 6.44. The Morgan fingerprint density at radius 1 is 1.36 bits per heavy atom. The van der Waals surface area contributed by atoms with Gasteiger partial charge in [0.2, 0.25) is 0 Å². The van der Waals surface area contributed by atoms with E-state index < -0.39 is 0 Å². The molecule has 0 atom stereocenters. The zero-order valence-corrected chi connectivity index (χ0v) is 10.5. The third-order valence-electron chi connectivity index (χ3n) is 2.20. The topological polar surface area (TPSA) is 3.24 Å². The molecule has 80 valence electrons. The number of hydrogen-bond acceptors (Lipinski definition) is 2. The first-order chi connectivity index (χ1) is 6.72. The van der Waals surface area contributed by atoms with Crippen molar-refractivity contribution in [3.63, 3.8) is 0 Å². The van der Waals surface area contributed by atoms with Crippen molar-refractivity contribution in [3.05, 3.63) is 21.3 Å². The molecule has 3 heteroatoms. The van der Waals surface area contributed by atoms with Crippen LogP contribution in [0.25, 0.3) is 0 Å². The highest BCUT2D eigenvalue weighted by Gasteiger charge is 2.02. The van der Waals surface area contributed by atoms with Crippen molar-refractivity contribution >= 4 is 22.9 Å². The normalized spacial score (nSPS) is 11.1. The van der Waals surface area contributed by atoms with Crippen molar-refractivity contribution < 1.29 is 0 Å². The Bertz CT molecular complexity index is 260. The molecule has 14 heavy (non-hydrogen) atoms. The van der Waals surface area contributed by atoms with Crippen LogP contribution in [0, 0.1) is 0 Å². The lowest BCUT2D eigenvalue weighted by Crippen LogP contribution is -2.18. The van der Waals surface area contributed by atoms with Crippen molar-refractivity contribution in [2.45, 2.75) is 32.7 Å². The summed E-state index contributed by atoms with van der Waals surface area (Å²) in [6, 6.07) is 4.09. The van der Waals surface area contributed by atoms with E-state index in [2.05, 4.69) is 24.9 Å². The molecule has 0 saturated carbocycles. The summed E-state index contributed by atoms with van der Waals surface area (Å²) in [4.78, 5) is 3.71. The zero-order valence-electron chi connectivity index (χ0n) is 8.92. The number of hydrogen-bond donors (Lipinski definition) is 0. The molecule has 0 radical (unpaired) electrons. The van der Waals surface area contributed by atoms with Gasteiger partial charge in [-0.05, 0) is 32.1 Å². The van der Waals surface area contributed by atoms with E-state index in [9.17, 15) is 0 Å². The fourth-order valence-electron chi connectivity index (χ4n) is 1.41. The van der Waals surface area contributed by atoms with Crippen LogP contribution in [0.5, 0.6) is 0 Å². The summed E-state index contributed by atoms with van der Waals surface area (Å²) in [7, 11) is 2.17. The van der Waals surface area contributed by atoms with Gasteiger partial charge >= 0.3 is 0 Å². The molecule has 1 aromatic rings. The molecule has 0 saturated heterocycles. The minimum absolute atomic E-state index is 0.891. The van der Waals surface area contributed by atoms with Gasteiger partial charge in [-0.25, -0.2) is 0 Å². The van der Waals surface area contributed by atoms with Gasteiger partial charge in [0.15, 0.2) is 0 Å². The summed E-state index contributed by atoms with van der Waals surface area (Å²) in [6.07, 6.45) is 3.92. The first-order valence-corrected chi connectivity index (χ1v) is 6.34. The van der Waals surface area contributed by atoms with Crippen molar-refractivity contribution in [1.82, 2.24) is 4.90 Å². The summed E-state index contributed by atoms with van der Waals surface area (Å²) < 4.78 is 0.891. The molecule has 0 aliphatic carbocycles. The third kappa shape index (κ3) is 4.45. The summed E-state index contributed by atoms with van der Waals surface area (Å²) in [6.45, 7) is 4.45. The van der Waals surface area contributed by atoms with Gasteiger partial charge in [-0.1, -0.05) is 31.4 Å². The van der Waals surface area contributed by atoms with E-state index >= 15 is 0 Å². The lowest BCUT2D eigenvalue weighted by molar-refractivity contribution is 0.321. The molecule has 0 amide bonds. The summed E-state index contributed by atoms with van der Waals surface area (Å²) in [5.74, 6) is 0. The summed E-state index contributed by atoms with van der Waals surface area (Å²) in [5.41, 5.74) is 0. The highest BCUT2D eigenvalue weighted by Crippen LogP contribution is 2.22. The quantitative estimate of drug-likeness (QED) is 0.669. The summed E-state index contributed by atoms with van der Waals surface area (Å²) >= 11 is 7.55. The number of thiophene rings is 1. The average molecular weight is 232 g/mol. The van der Waals surface area contributed by atoms with Crippen LogP contribution in [0.3, 0.4) is 0 Å². The van der Waals surface area contributed by atoms with Gasteiger partial charge in [0.05, 0.1) is 4.34 Å². The second-order valence-electron chi connectivity index (χ2n) is 3.65. The summed E-state index contributed by atoms with van der Waals surface area (Å²) in [5, 5.41) is 0. The third-order valence-corrected chi connectivity index (χ3v) is 3.41. The van der Waals surface area contributed by atoms with Crippen molar-refractivity contribution in [2.75, 3.05) is 13.6 Å². The zero-order chi connectivity index (χ0) is 10.4. The van der Waals surface area contributed by atoms with Crippen LogP contribution >= 0.6 is 22.9 Å². The fourth-order valence-corrected chi connectivity index (χ4v) is 2.58. The van der Waals surface area contributed by atoms with Gasteiger partial charge in [-0.3, -0.25) is 0 Å². The van der Waals surface area contributed by atoms with E-state index in [0.29, 0.717) is 0 Å². The van der Waals surface area contributed by atoms with Crippen LogP contribution in [0.1, 0.15) is 31.1 Å². The van der Waals surface area contributed by atoms with Gasteiger partial charge in [-0.15, -0.1) is 11.3 Å². The van der Waals surface area contributed by atoms with E-state index in [-0.39, 0.29) is 0 Å². The van der Waals surface area contributed by atoms with Gasteiger partial charge in [-0.2, -0.15) is 0 Å². The van der Waals surface area contributed by atoms with Gasteiger partial charge in [0.1, 0.15) is 0 Å². The maximum atomic E-state index is 5.87. The van der Waals surface area contributed by atoms with Gasteiger partial charge in [0.25, 0.3) is 0 Å². The smallest absolute Gasteiger partial charge is 0.0931 e. The maximum absolute atomic E-state index is 5.87. The van der Waals surface area contributed by atoms with E-state index in [0.717, 1.165) is 10.9 Å². The molecule has 0 N–H and O–H groups in total. The molecular weight excluding hydrogens is 214 g/mol. The Hall–Kier alpha value is -0.0500. The molecular formula is C11H18ClNS. The Morgan fingerprint density at radius 3 is 2.71 bits per heavy atom. The molecule has 0 aliphatic rings. The monoisotopic (exact) mass is 231 g/mol. The van der Waals surface area contributed by atoms with E-state index in [1.807, 2.05) is 6.07 Å². The number of nitrogens with zero attached hydrogens (tertiary/aromatic N) is 1. The Labute approximate surface area is 95.7 Å². The molecule has 0 aliphatic heterocycles. The maximum Gasteiger partial charge on any atom is 0.0931 e. The molecule has 1 nitrogen and oxygen atoms in total. The second-order valence-corrected chi connectivity index (χ2v) is 5.45. The first kappa shape index (κ1) is 12.0. The van der Waals surface area contributed by atoms with Gasteiger partial charge < -0.3 is 4.90 Å². The molecule has 0 unspecified atom stereocenters. The Kier molecular flexibility index (Phi) is 5.53. The highest BCUT2D eigenvalue weighted by atomic mass is 35.5. The van der Waals surface area contributed by atoms with Crippen LogP contribution in [-0.4, -0.2) is 18.5 Å². The van der Waals surface area contributed by atoms with E-state index in [1.165, 1.54) is 30.7 Å². The largest absolute Gasteiger partial charge is 0.301 e. The molecule has 0 fully saturated rings. The number of unbranched alkanes of at least 4 members (excludes halogenated alkanes) is 2. The van der Waals surface area contributed by atoms with Crippen LogP contribution in [-0.2, 0) is 6.54 Å². The fraction of sp³-hybridized carbons (Fsp3) is 0.636. The van der Waals surface area contributed by atoms with Gasteiger partial charge in [0, 0.05) is 11.4 Å². The van der Waals surface area contributed by atoms with E-state index in [4.69, 9.17) is 11.6 Å². The molecule has 0 spiro atoms.